The number of hydrogen-bond donors (Lipinski definition) is 2. The summed E-state index contributed by atoms with van der Waals surface area (Å²) in [4.78, 5) is 36.8. The fourth-order valence-corrected chi connectivity index (χ4v) is 4.10. The number of rotatable bonds is 9. The van der Waals surface area contributed by atoms with E-state index in [1.165, 1.54) is 4.68 Å². The summed E-state index contributed by atoms with van der Waals surface area (Å²) in [5.41, 5.74) is 6.28. The molecule has 3 N–H and O–H groups in total. The van der Waals surface area contributed by atoms with Crippen LogP contribution < -0.4 is 11.1 Å². The number of nitrogens with one attached hydrogen (secondary N) is 1. The van der Waals surface area contributed by atoms with E-state index in [4.69, 9.17) is 40.5 Å². The topological polar surface area (TPSA) is 120 Å². The number of ketones is 1. The van der Waals surface area contributed by atoms with Gasteiger partial charge in [-0.1, -0.05) is 55.9 Å². The number of alkyl halides is 1. The van der Waals surface area contributed by atoms with Crippen LogP contribution in [0, 0.1) is 0 Å². The van der Waals surface area contributed by atoms with Crippen LogP contribution in [0.1, 0.15) is 44.8 Å². The molecule has 1 aromatic heterocycles. The van der Waals surface area contributed by atoms with Crippen molar-refractivity contribution >= 4 is 74.1 Å². The number of aromatic nitrogens is 3. The molecule has 3 rings (SSSR count). The smallest absolute Gasteiger partial charge is 0.273 e. The van der Waals surface area contributed by atoms with E-state index >= 15 is 0 Å². The van der Waals surface area contributed by atoms with Crippen molar-refractivity contribution in [2.24, 2.45) is 5.73 Å². The minimum atomic E-state index is -0.836. The molecule has 0 aliphatic rings. The first kappa shape index (κ1) is 25.2. The van der Waals surface area contributed by atoms with Crippen molar-refractivity contribution in [2.75, 3.05) is 10.6 Å². The lowest BCUT2D eigenvalue weighted by Gasteiger charge is -2.12. The summed E-state index contributed by atoms with van der Waals surface area (Å²) in [6, 6.07) is 9.46. The Morgan fingerprint density at radius 3 is 2.27 bits per heavy atom. The zero-order valence-electron chi connectivity index (χ0n) is 16.9. The number of primary amides is 1. The molecule has 12 heteroatoms. The van der Waals surface area contributed by atoms with E-state index in [1.54, 1.807) is 36.4 Å². The number of halogens is 4. The highest BCUT2D eigenvalue weighted by atomic mass is 79.9. The van der Waals surface area contributed by atoms with Gasteiger partial charge in [0.05, 0.1) is 22.2 Å². The van der Waals surface area contributed by atoms with Crippen molar-refractivity contribution in [1.29, 1.82) is 0 Å². The van der Waals surface area contributed by atoms with Crippen molar-refractivity contribution in [3.63, 3.8) is 0 Å². The Morgan fingerprint density at radius 2 is 1.70 bits per heavy atom. The first-order valence-electron chi connectivity index (χ1n) is 9.58. The Labute approximate surface area is 212 Å². The van der Waals surface area contributed by atoms with Crippen molar-refractivity contribution in [3.05, 3.63) is 73.9 Å². The molecule has 1 heterocycles. The third kappa shape index (κ3) is 6.11. The molecule has 0 bridgehead atoms. The van der Waals surface area contributed by atoms with E-state index in [0.29, 0.717) is 27.9 Å². The lowest BCUT2D eigenvalue weighted by molar-refractivity contribution is -0.116. The van der Waals surface area contributed by atoms with Gasteiger partial charge in [0.2, 0.25) is 5.91 Å². The maximum atomic E-state index is 12.9. The van der Waals surface area contributed by atoms with E-state index in [-0.39, 0.29) is 51.8 Å². The van der Waals surface area contributed by atoms with Crippen LogP contribution >= 0.6 is 50.7 Å². The normalized spacial score (nSPS) is 10.8. The summed E-state index contributed by atoms with van der Waals surface area (Å²) in [6.45, 7) is 0.0587. The van der Waals surface area contributed by atoms with Gasteiger partial charge in [0.1, 0.15) is 0 Å². The summed E-state index contributed by atoms with van der Waals surface area (Å²) < 4.78 is 1.30. The number of hydrogen-bond acceptors (Lipinski definition) is 5. The Bertz CT molecular complexity index is 1190. The number of benzene rings is 2. The quantitative estimate of drug-likeness (QED) is 0.283. The first-order valence-corrected chi connectivity index (χ1v) is 11.8. The lowest BCUT2D eigenvalue weighted by Crippen LogP contribution is -2.20. The van der Waals surface area contributed by atoms with Gasteiger partial charge in [0.25, 0.3) is 5.91 Å². The second-order valence-electron chi connectivity index (χ2n) is 6.92. The zero-order valence-corrected chi connectivity index (χ0v) is 20.8. The van der Waals surface area contributed by atoms with E-state index in [0.717, 1.165) is 0 Å². The minimum Gasteiger partial charge on any atom is -0.364 e. The maximum absolute atomic E-state index is 12.9. The van der Waals surface area contributed by atoms with E-state index in [1.807, 2.05) is 0 Å². The van der Waals surface area contributed by atoms with Gasteiger partial charge in [0.15, 0.2) is 17.3 Å². The number of amides is 2. The van der Waals surface area contributed by atoms with Crippen molar-refractivity contribution in [2.45, 2.75) is 19.4 Å². The van der Waals surface area contributed by atoms with Crippen molar-refractivity contribution in [1.82, 2.24) is 15.0 Å². The van der Waals surface area contributed by atoms with Gasteiger partial charge in [0, 0.05) is 22.3 Å². The molecular weight excluding hydrogens is 557 g/mol. The van der Waals surface area contributed by atoms with Crippen LogP contribution in [0.5, 0.6) is 0 Å². The SMILES string of the molecule is NC(=O)c1nnn(Cc2cc(Cl)c(C(=O)c3ccc(Cl)cc3)c(Cl)c2)c1NC(=O)CCCBr. The molecule has 2 aromatic carbocycles. The van der Waals surface area contributed by atoms with Crippen LogP contribution in [-0.2, 0) is 11.3 Å². The molecule has 0 saturated carbocycles. The van der Waals surface area contributed by atoms with Gasteiger partial charge in [-0.3, -0.25) is 14.4 Å². The predicted molar refractivity (Wildman–Crippen MR) is 131 cm³/mol. The standard InChI is InChI=1S/C21H17BrCl3N5O3/c22-7-1-2-16(31)27-21-18(20(26)33)28-29-30(21)10-11-8-14(24)17(15(25)9-11)19(32)12-3-5-13(23)6-4-12/h3-6,8-9H,1-2,7,10H2,(H2,26,33)(H,27,31). The van der Waals surface area contributed by atoms with Crippen LogP contribution in [0.3, 0.4) is 0 Å². The van der Waals surface area contributed by atoms with E-state index < -0.39 is 5.91 Å². The fraction of sp³-hybridized carbons (Fsp3) is 0.190. The molecule has 0 aliphatic carbocycles. The van der Waals surface area contributed by atoms with Gasteiger partial charge in [-0.2, -0.15) is 0 Å². The van der Waals surface area contributed by atoms with Crippen LogP contribution in [-0.4, -0.2) is 37.9 Å². The zero-order chi connectivity index (χ0) is 24.1. The molecule has 0 aliphatic heterocycles. The van der Waals surface area contributed by atoms with Gasteiger partial charge in [-0.15, -0.1) is 5.10 Å². The fourth-order valence-electron chi connectivity index (χ4n) is 2.99. The van der Waals surface area contributed by atoms with Gasteiger partial charge in [-0.05, 0) is 48.4 Å². The summed E-state index contributed by atoms with van der Waals surface area (Å²) >= 11 is 21.9. The maximum Gasteiger partial charge on any atom is 0.273 e. The molecular formula is C21H17BrCl3N5O3. The Morgan fingerprint density at radius 1 is 1.06 bits per heavy atom. The third-order valence-electron chi connectivity index (χ3n) is 4.53. The van der Waals surface area contributed by atoms with Crippen molar-refractivity contribution in [3.8, 4) is 0 Å². The molecule has 0 fully saturated rings. The number of carbonyl (C=O) groups excluding carboxylic acids is 3. The molecule has 0 atom stereocenters. The number of carbonyl (C=O) groups is 3. The molecule has 2 amide bonds. The van der Waals surface area contributed by atoms with Crippen LogP contribution in [0.25, 0.3) is 0 Å². The molecule has 0 saturated heterocycles. The second kappa shape index (κ2) is 11.1. The molecule has 8 nitrogen and oxygen atoms in total. The number of nitrogens with two attached hydrogens (primary N) is 1. The van der Waals surface area contributed by atoms with E-state index in [2.05, 4.69) is 31.6 Å². The molecule has 0 unspecified atom stereocenters. The minimum absolute atomic E-state index is 0.0587. The predicted octanol–water partition coefficient (Wildman–Crippen LogP) is 4.73. The monoisotopic (exact) mass is 571 g/mol. The van der Waals surface area contributed by atoms with Crippen LogP contribution in [0.15, 0.2) is 36.4 Å². The van der Waals surface area contributed by atoms with Gasteiger partial charge in [-0.25, -0.2) is 4.68 Å². The van der Waals surface area contributed by atoms with E-state index in [9.17, 15) is 14.4 Å². The van der Waals surface area contributed by atoms with Crippen LogP contribution in [0.2, 0.25) is 15.1 Å². The summed E-state index contributed by atoms with van der Waals surface area (Å²) in [5.74, 6) is -1.45. The highest BCUT2D eigenvalue weighted by molar-refractivity contribution is 9.09. The van der Waals surface area contributed by atoms with Crippen molar-refractivity contribution < 1.29 is 14.4 Å². The number of nitrogens with zero attached hydrogens (tertiary/aromatic N) is 3. The molecule has 3 aromatic rings. The Balaban J connectivity index is 1.90. The molecule has 0 spiro atoms. The Kier molecular flexibility index (Phi) is 8.47. The number of anilines is 1. The molecule has 0 radical (unpaired) electrons. The summed E-state index contributed by atoms with van der Waals surface area (Å²) in [7, 11) is 0. The third-order valence-corrected chi connectivity index (χ3v) is 5.94. The molecule has 33 heavy (non-hydrogen) atoms. The van der Waals surface area contributed by atoms with Crippen LogP contribution in [0.4, 0.5) is 5.82 Å². The first-order chi connectivity index (χ1) is 15.7. The Hall–Kier alpha value is -2.46. The average molecular weight is 574 g/mol. The molecule has 172 valence electrons. The lowest BCUT2D eigenvalue weighted by atomic mass is 10.0. The largest absolute Gasteiger partial charge is 0.364 e. The average Bonchev–Trinajstić information content (AvgIpc) is 3.14. The van der Waals surface area contributed by atoms with Gasteiger partial charge < -0.3 is 11.1 Å². The van der Waals surface area contributed by atoms with Gasteiger partial charge >= 0.3 is 0 Å². The highest BCUT2D eigenvalue weighted by Gasteiger charge is 2.22. The summed E-state index contributed by atoms with van der Waals surface area (Å²) in [6.07, 6.45) is 0.835. The summed E-state index contributed by atoms with van der Waals surface area (Å²) in [5, 5.41) is 11.7. The highest BCUT2D eigenvalue weighted by Crippen LogP contribution is 2.30. The second-order valence-corrected chi connectivity index (χ2v) is 8.96.